The fourth-order valence-electron chi connectivity index (χ4n) is 7.92. The minimum Gasteiger partial charge on any atom is -0.508 e. The van der Waals surface area contributed by atoms with Crippen LogP contribution in [0.2, 0.25) is 0 Å². The van der Waals surface area contributed by atoms with Gasteiger partial charge in [-0.2, -0.15) is 0 Å². The third-order valence-electron chi connectivity index (χ3n) is 11.6. The lowest BCUT2D eigenvalue weighted by atomic mass is 9.98. The van der Waals surface area contributed by atoms with Crippen molar-refractivity contribution in [3.05, 3.63) is 119 Å². The zero-order valence-corrected chi connectivity index (χ0v) is 40.2. The molecule has 22 heteroatoms. The molecule has 0 aliphatic carbocycles. The molecule has 0 spiro atoms. The molecule has 0 unspecified atom stereocenters. The number of hydrogen-bond acceptors (Lipinski definition) is 17. The molecule has 2 aliphatic rings. The standard InChI is InChI=1S/C50H53N13O9/c1-6-52-47(68)44-60-59-43(36-24-35(28(2)3)37(64)25-38(36)65)63(44)32-12-10-30(11-13-32)45(66)54-19-18-29-8-14-33(15-9-29)72-50(69)61(4)21-7-23-71-39-17-16-34-40(41(39)70-5)57-49(62-22-20-53-42(34)62)58-46(67)31-26-55-48(51)56-27-31/h8-17,24-28,64-65H,6-7,18-23H2,1-5H3,(H,52,68)(H,54,66)(H2,51,55,56)(H,57,58,67). The van der Waals surface area contributed by atoms with Crippen LogP contribution in [0.3, 0.4) is 0 Å². The molecule has 4 aromatic carbocycles. The number of carbonyl (C=O) groups is 4. The maximum atomic E-state index is 13.2. The molecule has 0 atom stereocenters. The second-order valence-electron chi connectivity index (χ2n) is 16.9. The number of benzene rings is 4. The summed E-state index contributed by atoms with van der Waals surface area (Å²) in [5.74, 6) is 0.601. The lowest BCUT2D eigenvalue weighted by Gasteiger charge is -2.28. The molecular weight excluding hydrogens is 927 g/mol. The normalized spacial score (nSPS) is 12.6. The molecular formula is C50H53N13O9. The van der Waals surface area contributed by atoms with Crippen LogP contribution in [0.25, 0.3) is 17.1 Å². The number of phenols is 2. The number of hydrogen-bond donors (Lipinski definition) is 6. The number of ether oxygens (including phenoxy) is 3. The first-order chi connectivity index (χ1) is 34.7. The predicted octanol–water partition coefficient (Wildman–Crippen LogP) is 4.96. The van der Waals surface area contributed by atoms with E-state index in [1.54, 1.807) is 62.5 Å². The Morgan fingerprint density at radius 1 is 0.875 bits per heavy atom. The Morgan fingerprint density at radius 3 is 2.33 bits per heavy atom. The molecule has 8 rings (SSSR count). The largest absolute Gasteiger partial charge is 0.508 e. The highest BCUT2D eigenvalue weighted by Gasteiger charge is 2.34. The molecule has 2 aliphatic heterocycles. The smallest absolute Gasteiger partial charge is 0.414 e. The van der Waals surface area contributed by atoms with E-state index in [2.05, 4.69) is 41.1 Å². The number of amides is 4. The van der Waals surface area contributed by atoms with Crippen molar-refractivity contribution in [2.24, 2.45) is 9.98 Å². The Hall–Kier alpha value is -9.08. The molecule has 6 aromatic rings. The lowest BCUT2D eigenvalue weighted by Crippen LogP contribution is -2.47. The molecule has 0 radical (unpaired) electrons. The van der Waals surface area contributed by atoms with Crippen molar-refractivity contribution in [3.8, 4) is 45.8 Å². The minimum absolute atomic E-state index is 0.0237. The number of nitrogens with two attached hydrogens (primary N) is 1. The van der Waals surface area contributed by atoms with Crippen molar-refractivity contribution in [2.75, 3.05) is 59.2 Å². The first-order valence-electron chi connectivity index (χ1n) is 23.1. The lowest BCUT2D eigenvalue weighted by molar-refractivity contribution is 0.0938. The number of phenolic OH excluding ortho intramolecular Hbond substituents is 2. The number of aliphatic imine (C=N–C) groups is 2. The van der Waals surface area contributed by atoms with Gasteiger partial charge >= 0.3 is 6.09 Å². The van der Waals surface area contributed by atoms with Gasteiger partial charge in [0.15, 0.2) is 17.3 Å². The van der Waals surface area contributed by atoms with Crippen molar-refractivity contribution in [1.29, 1.82) is 0 Å². The van der Waals surface area contributed by atoms with Gasteiger partial charge in [0, 0.05) is 68.5 Å². The van der Waals surface area contributed by atoms with Crippen LogP contribution >= 0.6 is 0 Å². The molecule has 0 saturated carbocycles. The third-order valence-corrected chi connectivity index (χ3v) is 11.6. The summed E-state index contributed by atoms with van der Waals surface area (Å²) in [7, 11) is 3.13. The quantitative estimate of drug-likeness (QED) is 0.0659. The van der Waals surface area contributed by atoms with E-state index in [1.807, 2.05) is 36.9 Å². The Labute approximate surface area is 413 Å². The fourth-order valence-corrected chi connectivity index (χ4v) is 7.92. The summed E-state index contributed by atoms with van der Waals surface area (Å²) >= 11 is 0. The van der Waals surface area contributed by atoms with Crippen molar-refractivity contribution in [2.45, 2.75) is 39.5 Å². The number of rotatable bonds is 17. The maximum Gasteiger partial charge on any atom is 0.414 e. The number of anilines is 1. The molecule has 22 nitrogen and oxygen atoms in total. The van der Waals surface area contributed by atoms with Gasteiger partial charge in [-0.25, -0.2) is 19.8 Å². The Balaban J connectivity index is 0.814. The topological polar surface area (TPSA) is 286 Å². The van der Waals surface area contributed by atoms with Crippen molar-refractivity contribution < 1.29 is 43.6 Å². The van der Waals surface area contributed by atoms with Gasteiger partial charge in [-0.1, -0.05) is 26.0 Å². The average molecular weight is 980 g/mol. The highest BCUT2D eigenvalue weighted by atomic mass is 16.6. The van der Waals surface area contributed by atoms with Gasteiger partial charge in [0.25, 0.3) is 17.7 Å². The molecule has 0 saturated heterocycles. The number of nitrogens with zero attached hydrogens (tertiary/aromatic N) is 9. The maximum absolute atomic E-state index is 13.2. The van der Waals surface area contributed by atoms with Crippen LogP contribution in [0.5, 0.6) is 28.7 Å². The molecule has 0 fully saturated rings. The summed E-state index contributed by atoms with van der Waals surface area (Å²) in [5, 5.41) is 38.1. The molecule has 72 heavy (non-hydrogen) atoms. The second-order valence-corrected chi connectivity index (χ2v) is 16.9. The van der Waals surface area contributed by atoms with Crippen LogP contribution in [0, 0.1) is 0 Å². The van der Waals surface area contributed by atoms with E-state index in [4.69, 9.17) is 24.9 Å². The first-order valence-corrected chi connectivity index (χ1v) is 23.1. The van der Waals surface area contributed by atoms with Gasteiger partial charge in [-0.3, -0.25) is 34.2 Å². The number of methoxy groups -OCH3 is 1. The van der Waals surface area contributed by atoms with E-state index < -0.39 is 17.9 Å². The van der Waals surface area contributed by atoms with E-state index in [0.29, 0.717) is 91.2 Å². The van der Waals surface area contributed by atoms with E-state index in [-0.39, 0.29) is 64.6 Å². The van der Waals surface area contributed by atoms with Crippen LogP contribution in [0.4, 0.5) is 16.4 Å². The Bertz CT molecular complexity index is 3060. The number of nitrogen functional groups attached to an aromatic ring is 1. The average Bonchev–Trinajstić information content (AvgIpc) is 4.05. The summed E-state index contributed by atoms with van der Waals surface area (Å²) in [5.41, 5.74) is 9.55. The van der Waals surface area contributed by atoms with Gasteiger partial charge in [-0.05, 0) is 91.4 Å². The molecule has 0 bridgehead atoms. The number of carbonyl (C=O) groups excluding carboxylic acids is 4. The number of guanidine groups is 1. The van der Waals surface area contributed by atoms with Gasteiger partial charge in [-0.15, -0.1) is 10.2 Å². The third kappa shape index (κ3) is 10.7. The van der Waals surface area contributed by atoms with E-state index in [0.717, 1.165) is 11.1 Å². The van der Waals surface area contributed by atoms with Crippen LogP contribution < -0.4 is 35.9 Å². The molecule has 7 N–H and O–H groups in total. The summed E-state index contributed by atoms with van der Waals surface area (Å²) in [6.45, 7) is 7.84. The predicted molar refractivity (Wildman–Crippen MR) is 266 cm³/mol. The number of aromatic nitrogens is 5. The van der Waals surface area contributed by atoms with Gasteiger partial charge < -0.3 is 45.7 Å². The molecule has 372 valence electrons. The van der Waals surface area contributed by atoms with Crippen molar-refractivity contribution in [1.82, 2.24) is 50.5 Å². The zero-order chi connectivity index (χ0) is 51.1. The Kier molecular flexibility index (Phi) is 14.9. The van der Waals surface area contributed by atoms with Gasteiger partial charge in [0.1, 0.15) is 28.8 Å². The molecule has 2 aromatic heterocycles. The van der Waals surface area contributed by atoms with Crippen LogP contribution in [0.15, 0.2) is 95.2 Å². The summed E-state index contributed by atoms with van der Waals surface area (Å²) in [6, 6.07) is 20.0. The highest BCUT2D eigenvalue weighted by Crippen LogP contribution is 2.43. The van der Waals surface area contributed by atoms with E-state index >= 15 is 0 Å². The second kappa shape index (κ2) is 21.7. The zero-order valence-electron chi connectivity index (χ0n) is 40.2. The highest BCUT2D eigenvalue weighted by molar-refractivity contribution is 6.20. The summed E-state index contributed by atoms with van der Waals surface area (Å²) in [6.07, 6.45) is 3.07. The minimum atomic E-state index is -0.552. The summed E-state index contributed by atoms with van der Waals surface area (Å²) in [4.78, 5) is 72.7. The van der Waals surface area contributed by atoms with Gasteiger partial charge in [0.2, 0.25) is 17.7 Å². The van der Waals surface area contributed by atoms with Crippen LogP contribution in [-0.2, 0) is 6.42 Å². The monoisotopic (exact) mass is 979 g/mol. The molecule has 4 amide bonds. The number of aromatic hydroxyl groups is 2. The van der Waals surface area contributed by atoms with Crippen molar-refractivity contribution in [3.63, 3.8) is 0 Å². The fraction of sp³-hybridized carbons (Fsp3) is 0.280. The van der Waals surface area contributed by atoms with E-state index in [9.17, 15) is 29.4 Å². The Morgan fingerprint density at radius 2 is 1.62 bits per heavy atom. The van der Waals surface area contributed by atoms with Crippen LogP contribution in [-0.4, -0.2) is 134 Å². The molecule has 4 heterocycles. The number of fused-ring (bicyclic) bond motifs is 3. The first kappa shape index (κ1) is 49.3. The van der Waals surface area contributed by atoms with Crippen molar-refractivity contribution >= 4 is 47.2 Å². The number of amidine groups is 1. The summed E-state index contributed by atoms with van der Waals surface area (Å²) < 4.78 is 19.0. The number of nitrogens with one attached hydrogen (secondary N) is 3. The van der Waals surface area contributed by atoms with Gasteiger partial charge in [0.05, 0.1) is 31.4 Å². The van der Waals surface area contributed by atoms with Crippen LogP contribution in [0.1, 0.15) is 81.1 Å². The SMILES string of the molecule is CCNC(=O)c1nnc(-c2cc(C(C)C)c(O)cc2O)n1-c1ccc(C(=O)NCCc2ccc(OC(=O)N(C)CCCOc3ccc4c(c3OC)N=C(NC(=O)c3cnc(N)nc3)N3CCN=C43)cc2)cc1. The van der Waals surface area contributed by atoms with E-state index in [1.165, 1.54) is 35.0 Å².